The van der Waals surface area contributed by atoms with Gasteiger partial charge in [0.2, 0.25) is 17.7 Å². The largest absolute Gasteiger partial charge is 0.480 e. The Morgan fingerprint density at radius 2 is 1.58 bits per heavy atom. The molecule has 0 bridgehead atoms. The molecule has 10 heteroatoms. The lowest BCUT2D eigenvalue weighted by atomic mass is 10.0. The van der Waals surface area contributed by atoms with Crippen molar-refractivity contribution >= 4 is 23.7 Å². The summed E-state index contributed by atoms with van der Waals surface area (Å²) in [5, 5.41) is 26.0. The quantitative estimate of drug-likeness (QED) is 0.248. The molecule has 1 rings (SSSR count). The molecule has 0 saturated heterocycles. The summed E-state index contributed by atoms with van der Waals surface area (Å²) in [6.07, 6.45) is -0.769. The van der Waals surface area contributed by atoms with E-state index in [1.165, 1.54) is 6.92 Å². The number of carbonyl (C=O) groups excluding carboxylic acids is 3. The molecule has 0 fully saturated rings. The molecule has 4 unspecified atom stereocenters. The fourth-order valence-corrected chi connectivity index (χ4v) is 2.89. The van der Waals surface area contributed by atoms with Crippen molar-refractivity contribution in [3.05, 3.63) is 35.9 Å². The van der Waals surface area contributed by atoms with Crippen molar-refractivity contribution in [2.45, 2.75) is 57.8 Å². The highest BCUT2D eigenvalue weighted by molar-refractivity contribution is 5.94. The van der Waals surface area contributed by atoms with Crippen molar-refractivity contribution in [2.24, 2.45) is 11.7 Å². The number of hydrogen-bond donors (Lipinski definition) is 6. The summed E-state index contributed by atoms with van der Waals surface area (Å²) >= 11 is 0. The van der Waals surface area contributed by atoms with Crippen LogP contribution in [0.5, 0.6) is 0 Å². The topological polar surface area (TPSA) is 171 Å². The van der Waals surface area contributed by atoms with E-state index in [4.69, 9.17) is 10.8 Å². The van der Waals surface area contributed by atoms with Gasteiger partial charge in [-0.2, -0.15) is 0 Å². The van der Waals surface area contributed by atoms with Crippen LogP contribution in [0.4, 0.5) is 0 Å². The predicted molar refractivity (Wildman–Crippen MR) is 114 cm³/mol. The van der Waals surface area contributed by atoms with Crippen LogP contribution in [0.25, 0.3) is 0 Å². The van der Waals surface area contributed by atoms with Gasteiger partial charge in [-0.05, 0) is 24.8 Å². The van der Waals surface area contributed by atoms with Crippen molar-refractivity contribution in [3.63, 3.8) is 0 Å². The minimum atomic E-state index is -1.34. The molecular formula is C21H32N4O6. The van der Waals surface area contributed by atoms with Crippen LogP contribution in [0.3, 0.4) is 0 Å². The Kier molecular flexibility index (Phi) is 10.6. The van der Waals surface area contributed by atoms with Crippen molar-refractivity contribution in [2.75, 3.05) is 6.54 Å². The van der Waals surface area contributed by atoms with E-state index in [0.29, 0.717) is 6.42 Å². The van der Waals surface area contributed by atoms with E-state index >= 15 is 0 Å². The van der Waals surface area contributed by atoms with Gasteiger partial charge in [0.15, 0.2) is 0 Å². The maximum absolute atomic E-state index is 12.8. The van der Waals surface area contributed by atoms with Crippen LogP contribution in [0, 0.1) is 5.92 Å². The van der Waals surface area contributed by atoms with E-state index < -0.39 is 54.5 Å². The lowest BCUT2D eigenvalue weighted by molar-refractivity contribution is -0.138. The SMILES string of the molecule is CC(C)CC(N)C(=O)NC(C(=O)NC(Cc1ccccc1)C(=O)NCC(=O)O)C(C)O. The molecule has 4 atom stereocenters. The van der Waals surface area contributed by atoms with E-state index in [1.807, 2.05) is 13.8 Å². The zero-order valence-electron chi connectivity index (χ0n) is 18.0. The minimum absolute atomic E-state index is 0.0887. The monoisotopic (exact) mass is 436 g/mol. The number of carboxylic acids is 1. The highest BCUT2D eigenvalue weighted by Gasteiger charge is 2.31. The number of amides is 3. The van der Waals surface area contributed by atoms with E-state index in [2.05, 4.69) is 16.0 Å². The van der Waals surface area contributed by atoms with Gasteiger partial charge in [0.05, 0.1) is 12.1 Å². The molecule has 0 aliphatic heterocycles. The normalized spacial score (nSPS) is 14.8. The minimum Gasteiger partial charge on any atom is -0.480 e. The molecule has 10 nitrogen and oxygen atoms in total. The summed E-state index contributed by atoms with van der Waals surface area (Å²) in [6, 6.07) is 5.52. The summed E-state index contributed by atoms with van der Waals surface area (Å²) in [7, 11) is 0. The van der Waals surface area contributed by atoms with Gasteiger partial charge in [-0.15, -0.1) is 0 Å². The third kappa shape index (κ3) is 9.58. The molecule has 172 valence electrons. The summed E-state index contributed by atoms with van der Waals surface area (Å²) in [5.41, 5.74) is 6.57. The van der Waals surface area contributed by atoms with Gasteiger partial charge in [0.1, 0.15) is 18.6 Å². The number of aliphatic carboxylic acids is 1. The maximum Gasteiger partial charge on any atom is 0.322 e. The zero-order chi connectivity index (χ0) is 23.6. The molecule has 31 heavy (non-hydrogen) atoms. The average molecular weight is 437 g/mol. The lowest BCUT2D eigenvalue weighted by Crippen LogP contribution is -2.59. The number of nitrogens with one attached hydrogen (secondary N) is 3. The molecule has 1 aromatic carbocycles. The van der Waals surface area contributed by atoms with Crippen LogP contribution in [-0.2, 0) is 25.6 Å². The van der Waals surface area contributed by atoms with E-state index in [9.17, 15) is 24.3 Å². The number of benzene rings is 1. The van der Waals surface area contributed by atoms with E-state index in [0.717, 1.165) is 5.56 Å². The molecule has 0 aromatic heterocycles. The van der Waals surface area contributed by atoms with Gasteiger partial charge >= 0.3 is 5.97 Å². The first-order chi connectivity index (χ1) is 14.5. The molecule has 3 amide bonds. The highest BCUT2D eigenvalue weighted by Crippen LogP contribution is 2.06. The highest BCUT2D eigenvalue weighted by atomic mass is 16.4. The molecular weight excluding hydrogens is 404 g/mol. The summed E-state index contributed by atoms with van der Waals surface area (Å²) in [6.45, 7) is 4.52. The second-order valence-electron chi connectivity index (χ2n) is 7.83. The lowest BCUT2D eigenvalue weighted by Gasteiger charge is -2.26. The summed E-state index contributed by atoms with van der Waals surface area (Å²) < 4.78 is 0. The molecule has 0 aliphatic rings. The molecule has 0 saturated carbocycles. The number of hydrogen-bond acceptors (Lipinski definition) is 6. The maximum atomic E-state index is 12.8. The van der Waals surface area contributed by atoms with Crippen LogP contribution in [0.15, 0.2) is 30.3 Å². The van der Waals surface area contributed by atoms with Gasteiger partial charge in [-0.3, -0.25) is 19.2 Å². The van der Waals surface area contributed by atoms with Crippen LogP contribution in [-0.4, -0.2) is 64.7 Å². The van der Waals surface area contributed by atoms with Gasteiger partial charge in [-0.1, -0.05) is 44.2 Å². The van der Waals surface area contributed by atoms with Crippen molar-refractivity contribution in [3.8, 4) is 0 Å². The van der Waals surface area contributed by atoms with Crippen molar-refractivity contribution in [1.82, 2.24) is 16.0 Å². The zero-order valence-corrected chi connectivity index (χ0v) is 18.0. The van der Waals surface area contributed by atoms with Crippen LogP contribution < -0.4 is 21.7 Å². The Hall–Kier alpha value is -2.98. The molecule has 0 heterocycles. The van der Waals surface area contributed by atoms with E-state index in [-0.39, 0.29) is 12.3 Å². The first-order valence-electron chi connectivity index (χ1n) is 10.1. The second kappa shape index (κ2) is 12.7. The molecule has 0 radical (unpaired) electrons. The predicted octanol–water partition coefficient (Wildman–Crippen LogP) is -0.846. The number of aliphatic hydroxyl groups is 1. The summed E-state index contributed by atoms with van der Waals surface area (Å²) in [4.78, 5) is 48.3. The third-order valence-corrected chi connectivity index (χ3v) is 4.45. The molecule has 0 spiro atoms. The number of carboxylic acid groups (broad SMARTS) is 1. The second-order valence-corrected chi connectivity index (χ2v) is 7.83. The fraction of sp³-hybridized carbons (Fsp3) is 0.524. The average Bonchev–Trinajstić information content (AvgIpc) is 2.69. The number of aliphatic hydroxyl groups excluding tert-OH is 1. The Balaban J connectivity index is 2.94. The number of rotatable bonds is 12. The first kappa shape index (κ1) is 26.1. The van der Waals surface area contributed by atoms with Crippen molar-refractivity contribution in [1.29, 1.82) is 0 Å². The Bertz CT molecular complexity index is 753. The Morgan fingerprint density at radius 1 is 0.968 bits per heavy atom. The number of nitrogens with two attached hydrogens (primary N) is 1. The Morgan fingerprint density at radius 3 is 2.10 bits per heavy atom. The number of carbonyl (C=O) groups is 4. The van der Waals surface area contributed by atoms with E-state index in [1.54, 1.807) is 30.3 Å². The third-order valence-electron chi connectivity index (χ3n) is 4.45. The summed E-state index contributed by atoms with van der Waals surface area (Å²) in [5.74, 6) is -3.15. The van der Waals surface area contributed by atoms with Gasteiger partial charge in [0.25, 0.3) is 0 Å². The van der Waals surface area contributed by atoms with Crippen LogP contribution >= 0.6 is 0 Å². The van der Waals surface area contributed by atoms with Gasteiger partial charge in [-0.25, -0.2) is 0 Å². The standard InChI is InChI=1S/C21H32N4O6/c1-12(2)9-15(22)19(29)25-18(13(3)26)21(31)24-16(20(30)23-11-17(27)28)10-14-7-5-4-6-8-14/h4-8,12-13,15-16,18,26H,9-11,22H2,1-3H3,(H,23,30)(H,24,31)(H,25,29)(H,27,28). The first-order valence-corrected chi connectivity index (χ1v) is 10.1. The molecule has 1 aromatic rings. The van der Waals surface area contributed by atoms with Crippen LogP contribution in [0.1, 0.15) is 32.8 Å². The smallest absolute Gasteiger partial charge is 0.322 e. The van der Waals surface area contributed by atoms with Gasteiger partial charge in [0, 0.05) is 6.42 Å². The molecule has 0 aliphatic carbocycles. The van der Waals surface area contributed by atoms with Crippen LogP contribution in [0.2, 0.25) is 0 Å². The fourth-order valence-electron chi connectivity index (χ4n) is 2.89. The van der Waals surface area contributed by atoms with Gasteiger partial charge < -0.3 is 31.9 Å². The molecule has 7 N–H and O–H groups in total. The Labute approximate surface area is 181 Å². The van der Waals surface area contributed by atoms with Crippen molar-refractivity contribution < 1.29 is 29.4 Å².